The number of aromatic nitrogens is 2. The molecule has 0 bridgehead atoms. The van der Waals surface area contributed by atoms with E-state index in [1.165, 1.54) is 0 Å². The van der Waals surface area contributed by atoms with E-state index in [-0.39, 0.29) is 36.6 Å². The molecule has 1 N–H and O–H groups in total. The van der Waals surface area contributed by atoms with Crippen molar-refractivity contribution < 1.29 is 18.7 Å². The molecule has 3 aromatic rings. The quantitative estimate of drug-likeness (QED) is 0.585. The maximum atomic E-state index is 13.0. The fraction of sp³-hybridized carbons (Fsp3) is 0.273. The highest BCUT2D eigenvalue weighted by Crippen LogP contribution is 2.32. The van der Waals surface area contributed by atoms with Crippen LogP contribution in [0.25, 0.3) is 0 Å². The standard InChI is InChI=1S/C22H22N4O4S/c1-14-6-5-7-16(10-14)29-12-20-24-25-22(30-20)31-13-21(28)26-15(2)11-19(27)23-17-8-3-4-9-18(17)26/h3-10,15H,11-13H2,1-2H3,(H,23,27). The van der Waals surface area contributed by atoms with Gasteiger partial charge in [-0.1, -0.05) is 36.0 Å². The molecule has 1 unspecified atom stereocenters. The van der Waals surface area contributed by atoms with Crippen molar-refractivity contribution >= 4 is 35.0 Å². The SMILES string of the molecule is Cc1cccc(OCc2nnc(SCC(=O)N3c4ccccc4NC(=O)CC3C)o2)c1. The highest BCUT2D eigenvalue weighted by molar-refractivity contribution is 7.99. The van der Waals surface area contributed by atoms with Crippen LogP contribution in [0.2, 0.25) is 0 Å². The van der Waals surface area contributed by atoms with Crippen molar-refractivity contribution in [2.24, 2.45) is 0 Å². The summed E-state index contributed by atoms with van der Waals surface area (Å²) in [7, 11) is 0. The summed E-state index contributed by atoms with van der Waals surface area (Å²) in [6.45, 7) is 3.99. The van der Waals surface area contributed by atoms with Crippen LogP contribution in [-0.2, 0) is 16.2 Å². The van der Waals surface area contributed by atoms with Gasteiger partial charge in [-0.25, -0.2) is 0 Å². The summed E-state index contributed by atoms with van der Waals surface area (Å²) in [6, 6.07) is 14.7. The minimum Gasteiger partial charge on any atom is -0.484 e. The van der Waals surface area contributed by atoms with E-state index >= 15 is 0 Å². The highest BCUT2D eigenvalue weighted by Gasteiger charge is 2.29. The van der Waals surface area contributed by atoms with Gasteiger partial charge in [0, 0.05) is 12.5 Å². The molecule has 2 heterocycles. The Morgan fingerprint density at radius 2 is 2.10 bits per heavy atom. The average molecular weight is 439 g/mol. The van der Waals surface area contributed by atoms with Crippen LogP contribution in [0.1, 0.15) is 24.8 Å². The van der Waals surface area contributed by atoms with Crippen molar-refractivity contribution in [1.29, 1.82) is 0 Å². The third-order valence-electron chi connectivity index (χ3n) is 4.75. The predicted octanol–water partition coefficient (Wildman–Crippen LogP) is 3.81. The van der Waals surface area contributed by atoms with Crippen LogP contribution in [0.4, 0.5) is 11.4 Å². The van der Waals surface area contributed by atoms with E-state index in [4.69, 9.17) is 9.15 Å². The van der Waals surface area contributed by atoms with Crippen LogP contribution in [0.3, 0.4) is 0 Å². The number of para-hydroxylation sites is 2. The number of thioether (sulfide) groups is 1. The van der Waals surface area contributed by atoms with E-state index in [9.17, 15) is 9.59 Å². The van der Waals surface area contributed by atoms with E-state index in [1.54, 1.807) is 11.0 Å². The summed E-state index contributed by atoms with van der Waals surface area (Å²) in [5, 5.41) is 11.1. The Labute approximate surface area is 184 Å². The zero-order valence-electron chi connectivity index (χ0n) is 17.2. The van der Waals surface area contributed by atoms with Gasteiger partial charge in [0.05, 0.1) is 17.1 Å². The Morgan fingerprint density at radius 3 is 2.94 bits per heavy atom. The maximum absolute atomic E-state index is 13.0. The molecule has 4 rings (SSSR count). The zero-order valence-corrected chi connectivity index (χ0v) is 18.0. The van der Waals surface area contributed by atoms with Gasteiger partial charge in [-0.05, 0) is 43.7 Å². The van der Waals surface area contributed by atoms with Gasteiger partial charge >= 0.3 is 0 Å². The summed E-state index contributed by atoms with van der Waals surface area (Å²) in [6.07, 6.45) is 0.228. The lowest BCUT2D eigenvalue weighted by Gasteiger charge is -2.27. The molecule has 0 radical (unpaired) electrons. The van der Waals surface area contributed by atoms with Crippen LogP contribution < -0.4 is 15.0 Å². The second-order valence-electron chi connectivity index (χ2n) is 7.24. The number of rotatable bonds is 6. The molecule has 0 saturated carbocycles. The van der Waals surface area contributed by atoms with Crippen LogP contribution in [0, 0.1) is 6.92 Å². The van der Waals surface area contributed by atoms with Gasteiger partial charge in [-0.15, -0.1) is 10.2 Å². The lowest BCUT2D eigenvalue weighted by Crippen LogP contribution is -2.40. The first kappa shape index (κ1) is 20.9. The molecule has 9 heteroatoms. The number of hydrogen-bond acceptors (Lipinski definition) is 7. The molecule has 2 amide bonds. The van der Waals surface area contributed by atoms with Crippen LogP contribution >= 0.6 is 11.8 Å². The van der Waals surface area contributed by atoms with Crippen molar-refractivity contribution in [2.45, 2.75) is 38.1 Å². The first-order chi connectivity index (χ1) is 15.0. The molecule has 1 atom stereocenters. The smallest absolute Gasteiger partial charge is 0.277 e. The number of ether oxygens (including phenoxy) is 1. The molecule has 0 spiro atoms. The first-order valence-corrected chi connectivity index (χ1v) is 10.8. The Morgan fingerprint density at radius 1 is 1.26 bits per heavy atom. The molecule has 1 aliphatic heterocycles. The number of aryl methyl sites for hydroxylation is 1. The number of carbonyl (C=O) groups is 2. The number of hydrogen-bond donors (Lipinski definition) is 1. The number of amides is 2. The number of carbonyl (C=O) groups excluding carboxylic acids is 2. The molecule has 0 aliphatic carbocycles. The molecule has 2 aromatic carbocycles. The molecule has 160 valence electrons. The van der Waals surface area contributed by atoms with E-state index in [1.807, 2.05) is 56.3 Å². The van der Waals surface area contributed by atoms with Crippen LogP contribution in [0.15, 0.2) is 58.2 Å². The minimum absolute atomic E-state index is 0.104. The first-order valence-electron chi connectivity index (χ1n) is 9.85. The average Bonchev–Trinajstić information content (AvgIpc) is 3.15. The van der Waals surface area contributed by atoms with E-state index in [0.29, 0.717) is 22.5 Å². The fourth-order valence-electron chi connectivity index (χ4n) is 3.37. The summed E-state index contributed by atoms with van der Waals surface area (Å²) in [4.78, 5) is 26.7. The summed E-state index contributed by atoms with van der Waals surface area (Å²) in [5.74, 6) is 0.905. The molecule has 31 heavy (non-hydrogen) atoms. The van der Waals surface area contributed by atoms with Gasteiger partial charge in [0.2, 0.25) is 11.8 Å². The normalized spacial score (nSPS) is 15.7. The van der Waals surface area contributed by atoms with Crippen molar-refractivity contribution in [3.8, 4) is 5.75 Å². The number of benzene rings is 2. The van der Waals surface area contributed by atoms with Crippen LogP contribution in [0.5, 0.6) is 5.75 Å². The Kier molecular flexibility index (Phi) is 6.22. The molecule has 0 fully saturated rings. The number of fused-ring (bicyclic) bond motifs is 1. The van der Waals surface area contributed by atoms with Crippen molar-refractivity contribution in [2.75, 3.05) is 16.0 Å². The topological polar surface area (TPSA) is 97.6 Å². The minimum atomic E-state index is -0.266. The third-order valence-corrected chi connectivity index (χ3v) is 5.55. The van der Waals surface area contributed by atoms with Gasteiger partial charge < -0.3 is 19.4 Å². The van der Waals surface area contributed by atoms with E-state index in [2.05, 4.69) is 15.5 Å². The molecule has 1 aromatic heterocycles. The number of nitrogens with zero attached hydrogens (tertiary/aromatic N) is 3. The maximum Gasteiger partial charge on any atom is 0.277 e. The van der Waals surface area contributed by atoms with Crippen LogP contribution in [-0.4, -0.2) is 33.8 Å². The lowest BCUT2D eigenvalue weighted by molar-refractivity contribution is -0.117. The van der Waals surface area contributed by atoms with Gasteiger partial charge in [0.1, 0.15) is 5.75 Å². The number of anilines is 2. The molecule has 0 saturated heterocycles. The van der Waals surface area contributed by atoms with Gasteiger partial charge in [-0.3, -0.25) is 9.59 Å². The summed E-state index contributed by atoms with van der Waals surface area (Å²) in [5.41, 5.74) is 2.41. The Balaban J connectivity index is 1.38. The lowest BCUT2D eigenvalue weighted by atomic mass is 10.2. The number of nitrogens with one attached hydrogen (secondary N) is 1. The van der Waals surface area contributed by atoms with E-state index < -0.39 is 0 Å². The second kappa shape index (κ2) is 9.22. The Bertz CT molecular complexity index is 1100. The van der Waals surface area contributed by atoms with Crippen molar-refractivity contribution in [3.05, 3.63) is 60.0 Å². The highest BCUT2D eigenvalue weighted by atomic mass is 32.2. The third kappa shape index (κ3) is 5.05. The summed E-state index contributed by atoms with van der Waals surface area (Å²) >= 11 is 1.16. The van der Waals surface area contributed by atoms with Crippen molar-refractivity contribution in [3.63, 3.8) is 0 Å². The van der Waals surface area contributed by atoms with Gasteiger partial charge in [-0.2, -0.15) is 0 Å². The molecule has 1 aliphatic rings. The zero-order chi connectivity index (χ0) is 21.8. The van der Waals surface area contributed by atoms with Gasteiger partial charge in [0.15, 0.2) is 6.61 Å². The summed E-state index contributed by atoms with van der Waals surface area (Å²) < 4.78 is 11.3. The second-order valence-corrected chi connectivity index (χ2v) is 8.16. The predicted molar refractivity (Wildman–Crippen MR) is 117 cm³/mol. The van der Waals surface area contributed by atoms with Crippen molar-refractivity contribution in [1.82, 2.24) is 10.2 Å². The molecular formula is C22H22N4O4S. The fourth-order valence-corrected chi connectivity index (χ4v) is 4.01. The molecule has 8 nitrogen and oxygen atoms in total. The monoisotopic (exact) mass is 438 g/mol. The molecular weight excluding hydrogens is 416 g/mol. The largest absolute Gasteiger partial charge is 0.484 e. The van der Waals surface area contributed by atoms with Gasteiger partial charge in [0.25, 0.3) is 11.1 Å². The van der Waals surface area contributed by atoms with E-state index in [0.717, 1.165) is 23.1 Å². The Hall–Kier alpha value is -3.33.